The molecule has 3 atom stereocenters. The topological polar surface area (TPSA) is 43.7 Å². The van der Waals surface area contributed by atoms with Gasteiger partial charge in [-0.2, -0.15) is 0 Å². The minimum atomic E-state index is -0.640. The van der Waals surface area contributed by atoms with Gasteiger partial charge in [0.1, 0.15) is 0 Å². The quantitative estimate of drug-likeness (QED) is 0.670. The minimum Gasteiger partial charge on any atom is -0.390 e. The first kappa shape index (κ1) is 15.9. The van der Waals surface area contributed by atoms with Gasteiger partial charge in [-0.1, -0.05) is 27.7 Å². The number of aliphatic hydroxyl groups excluding tert-OH is 2. The molecule has 16 heavy (non-hydrogen) atoms. The van der Waals surface area contributed by atoms with Crippen molar-refractivity contribution in [3.63, 3.8) is 0 Å². The highest BCUT2D eigenvalue weighted by Gasteiger charge is 2.25. The molecule has 0 aliphatic rings. The molecule has 0 aliphatic heterocycles. The maximum absolute atomic E-state index is 10.0. The molecule has 3 heteroatoms. The third-order valence-electron chi connectivity index (χ3n) is 3.32. The molecule has 0 radical (unpaired) electrons. The summed E-state index contributed by atoms with van der Waals surface area (Å²) in [6.07, 6.45) is 0.407. The van der Waals surface area contributed by atoms with Crippen molar-refractivity contribution in [2.75, 3.05) is 13.1 Å². The summed E-state index contributed by atoms with van der Waals surface area (Å²) in [5, 5.41) is 19.9. The molecule has 0 aromatic heterocycles. The molecule has 98 valence electrons. The molecule has 3 unspecified atom stereocenters. The van der Waals surface area contributed by atoms with Gasteiger partial charge >= 0.3 is 0 Å². The van der Waals surface area contributed by atoms with Gasteiger partial charge in [0.2, 0.25) is 0 Å². The Balaban J connectivity index is 4.14. The second-order valence-electron chi connectivity index (χ2n) is 4.99. The highest BCUT2D eigenvalue weighted by molar-refractivity contribution is 4.79. The van der Waals surface area contributed by atoms with E-state index in [0.29, 0.717) is 12.3 Å². The molecular formula is C13H29NO2. The van der Waals surface area contributed by atoms with Crippen molar-refractivity contribution < 1.29 is 10.2 Å². The molecule has 0 aliphatic carbocycles. The van der Waals surface area contributed by atoms with Crippen LogP contribution in [0.25, 0.3) is 0 Å². The second kappa shape index (κ2) is 8.04. The first-order valence-electron chi connectivity index (χ1n) is 6.54. The van der Waals surface area contributed by atoms with Crippen molar-refractivity contribution in [1.29, 1.82) is 0 Å². The zero-order valence-electron chi connectivity index (χ0n) is 11.5. The predicted octanol–water partition coefficient (Wildman–Crippen LogP) is 1.87. The molecule has 0 aromatic rings. The summed E-state index contributed by atoms with van der Waals surface area (Å²) in [6, 6.07) is 0.0252. The lowest BCUT2D eigenvalue weighted by Crippen LogP contribution is -2.46. The van der Waals surface area contributed by atoms with Crippen LogP contribution in [0, 0.1) is 5.92 Å². The van der Waals surface area contributed by atoms with E-state index >= 15 is 0 Å². The van der Waals surface area contributed by atoms with Crippen LogP contribution in [0.3, 0.4) is 0 Å². The number of likely N-dealkylation sites (N-methyl/N-ethyl adjacent to an activating group) is 1. The summed E-state index contributed by atoms with van der Waals surface area (Å²) >= 11 is 0. The van der Waals surface area contributed by atoms with E-state index in [1.807, 2.05) is 6.92 Å². The van der Waals surface area contributed by atoms with Crippen LogP contribution in [-0.4, -0.2) is 46.5 Å². The number of nitrogens with zero attached hydrogens (tertiary/aromatic N) is 1. The highest BCUT2D eigenvalue weighted by atomic mass is 16.3. The van der Waals surface area contributed by atoms with Crippen molar-refractivity contribution in [2.24, 2.45) is 5.92 Å². The molecular weight excluding hydrogens is 202 g/mol. The average Bonchev–Trinajstić information content (AvgIpc) is 2.26. The van der Waals surface area contributed by atoms with E-state index in [1.165, 1.54) is 0 Å². The van der Waals surface area contributed by atoms with E-state index < -0.39 is 12.2 Å². The molecule has 3 nitrogen and oxygen atoms in total. The van der Waals surface area contributed by atoms with Gasteiger partial charge in [-0.15, -0.1) is 0 Å². The van der Waals surface area contributed by atoms with E-state index in [4.69, 9.17) is 0 Å². The highest BCUT2D eigenvalue weighted by Crippen LogP contribution is 2.14. The van der Waals surface area contributed by atoms with Crippen molar-refractivity contribution in [1.82, 2.24) is 4.90 Å². The summed E-state index contributed by atoms with van der Waals surface area (Å²) in [5.74, 6) is 0.575. The molecule has 0 saturated carbocycles. The fraction of sp³-hybridized carbons (Fsp3) is 1.00. The lowest BCUT2D eigenvalue weighted by Gasteiger charge is -2.32. The van der Waals surface area contributed by atoms with Crippen LogP contribution in [0.15, 0.2) is 0 Å². The SMILES string of the molecule is CCN(CC)C(C)C(O)C(O)CCC(C)C. The zero-order valence-corrected chi connectivity index (χ0v) is 11.5. The standard InChI is InChI=1S/C13H29NO2/c1-6-14(7-2)11(5)13(16)12(15)9-8-10(3)4/h10-13,15-16H,6-9H2,1-5H3. The van der Waals surface area contributed by atoms with E-state index in [1.54, 1.807) is 0 Å². The van der Waals surface area contributed by atoms with Gasteiger partial charge < -0.3 is 10.2 Å². The van der Waals surface area contributed by atoms with E-state index in [0.717, 1.165) is 19.5 Å². The first-order valence-corrected chi connectivity index (χ1v) is 6.54. The van der Waals surface area contributed by atoms with Crippen molar-refractivity contribution >= 4 is 0 Å². The lowest BCUT2D eigenvalue weighted by molar-refractivity contribution is -0.0361. The first-order chi connectivity index (χ1) is 7.43. The van der Waals surface area contributed by atoms with Gasteiger partial charge in [0.15, 0.2) is 0 Å². The average molecular weight is 231 g/mol. The Morgan fingerprint density at radius 3 is 1.81 bits per heavy atom. The van der Waals surface area contributed by atoms with E-state index in [9.17, 15) is 10.2 Å². The second-order valence-corrected chi connectivity index (χ2v) is 4.99. The van der Waals surface area contributed by atoms with Crippen LogP contribution in [0.4, 0.5) is 0 Å². The Hall–Kier alpha value is -0.120. The van der Waals surface area contributed by atoms with Gasteiger partial charge in [0.05, 0.1) is 12.2 Å². The molecule has 0 spiro atoms. The van der Waals surface area contributed by atoms with Gasteiger partial charge in [-0.3, -0.25) is 4.90 Å². The lowest BCUT2D eigenvalue weighted by atomic mass is 9.98. The fourth-order valence-corrected chi connectivity index (χ4v) is 2.01. The summed E-state index contributed by atoms with van der Waals surface area (Å²) < 4.78 is 0. The molecule has 0 heterocycles. The van der Waals surface area contributed by atoms with Crippen LogP contribution in [0.1, 0.15) is 47.5 Å². The summed E-state index contributed by atoms with van der Waals surface area (Å²) in [6.45, 7) is 12.2. The minimum absolute atomic E-state index is 0.0252. The van der Waals surface area contributed by atoms with Gasteiger partial charge in [-0.25, -0.2) is 0 Å². The normalized spacial score (nSPS) is 17.8. The van der Waals surface area contributed by atoms with Crippen LogP contribution in [-0.2, 0) is 0 Å². The maximum atomic E-state index is 10.0. The van der Waals surface area contributed by atoms with Crippen molar-refractivity contribution in [3.8, 4) is 0 Å². The Morgan fingerprint density at radius 2 is 1.44 bits per heavy atom. The third kappa shape index (κ3) is 5.28. The monoisotopic (exact) mass is 231 g/mol. The van der Waals surface area contributed by atoms with Gasteiger partial charge in [0, 0.05) is 6.04 Å². The molecule has 0 fully saturated rings. The van der Waals surface area contributed by atoms with Crippen LogP contribution in [0.2, 0.25) is 0 Å². The Kier molecular flexibility index (Phi) is 7.98. The summed E-state index contributed by atoms with van der Waals surface area (Å²) in [7, 11) is 0. The fourth-order valence-electron chi connectivity index (χ4n) is 2.01. The number of hydrogen-bond donors (Lipinski definition) is 2. The molecule has 0 aromatic carbocycles. The molecule has 0 saturated heterocycles. The summed E-state index contributed by atoms with van der Waals surface area (Å²) in [4.78, 5) is 2.17. The van der Waals surface area contributed by atoms with Crippen molar-refractivity contribution in [2.45, 2.75) is 65.7 Å². The zero-order chi connectivity index (χ0) is 12.7. The van der Waals surface area contributed by atoms with E-state index in [-0.39, 0.29) is 6.04 Å². The molecule has 0 rings (SSSR count). The number of rotatable bonds is 8. The largest absolute Gasteiger partial charge is 0.390 e. The molecule has 0 amide bonds. The smallest absolute Gasteiger partial charge is 0.0951 e. The third-order valence-corrected chi connectivity index (χ3v) is 3.32. The van der Waals surface area contributed by atoms with Crippen LogP contribution in [0.5, 0.6) is 0 Å². The van der Waals surface area contributed by atoms with Crippen molar-refractivity contribution in [3.05, 3.63) is 0 Å². The predicted molar refractivity (Wildman–Crippen MR) is 68.5 cm³/mol. The summed E-state index contributed by atoms with van der Waals surface area (Å²) in [5.41, 5.74) is 0. The van der Waals surface area contributed by atoms with Crippen LogP contribution < -0.4 is 0 Å². The maximum Gasteiger partial charge on any atom is 0.0951 e. The number of aliphatic hydroxyl groups is 2. The Labute approximate surface area is 100 Å². The number of hydrogen-bond acceptors (Lipinski definition) is 3. The Morgan fingerprint density at radius 1 is 0.938 bits per heavy atom. The van der Waals surface area contributed by atoms with Gasteiger partial charge in [0.25, 0.3) is 0 Å². The molecule has 0 bridgehead atoms. The van der Waals surface area contributed by atoms with Gasteiger partial charge in [-0.05, 0) is 38.8 Å². The van der Waals surface area contributed by atoms with Crippen LogP contribution >= 0.6 is 0 Å². The molecule has 2 N–H and O–H groups in total. The Bertz CT molecular complexity index is 169. The van der Waals surface area contributed by atoms with E-state index in [2.05, 4.69) is 32.6 Å².